The first kappa shape index (κ1) is 25.2. The van der Waals surface area contributed by atoms with E-state index in [4.69, 9.17) is 9.47 Å². The molecule has 6 rings (SSSR count). The Bertz CT molecular complexity index is 1200. The lowest BCUT2D eigenvalue weighted by atomic mass is 9.87. The van der Waals surface area contributed by atoms with Crippen molar-refractivity contribution in [2.45, 2.75) is 49.7 Å². The van der Waals surface area contributed by atoms with Crippen molar-refractivity contribution < 1.29 is 23.5 Å². The summed E-state index contributed by atoms with van der Waals surface area (Å²) in [5.74, 6) is -0.461. The van der Waals surface area contributed by atoms with E-state index >= 15 is 0 Å². The van der Waals surface area contributed by atoms with Crippen molar-refractivity contribution >= 4 is 11.8 Å². The molecule has 12 heteroatoms. The van der Waals surface area contributed by atoms with E-state index in [1.807, 2.05) is 4.90 Å². The van der Waals surface area contributed by atoms with Crippen LogP contribution in [0.2, 0.25) is 0 Å². The minimum Gasteiger partial charge on any atom is -0.481 e. The first-order chi connectivity index (χ1) is 18.5. The van der Waals surface area contributed by atoms with Crippen LogP contribution < -0.4 is 15.4 Å². The number of carbonyl (C=O) groups excluding carboxylic acids is 2. The second kappa shape index (κ2) is 10.2. The molecule has 1 spiro atoms. The summed E-state index contributed by atoms with van der Waals surface area (Å²) in [6.07, 6.45) is 5.06. The molecule has 1 aliphatic carbocycles. The third kappa shape index (κ3) is 4.87. The zero-order valence-corrected chi connectivity index (χ0v) is 21.5. The second-order valence-electron chi connectivity index (χ2n) is 10.9. The standard InChI is InChI=1S/C26H34FN7O4/c1-37-23-8-19(20(27)12-29-23)21-9-22(32-31-21)25(36)34-7-2-16(10-26(34)4-5-26)24(35)30-17-3-6-33(13-17)18-11-28-15-38-14-18/h8-9,12,16-18,28H,2-7,10-11,13-15H2,1H3,(H,30,35)(H,31,32)/t16-,17-,18-/m0/s1. The fraction of sp³-hybridized carbons (Fsp3) is 0.615. The lowest BCUT2D eigenvalue weighted by molar-refractivity contribution is -0.127. The Labute approximate surface area is 220 Å². The fourth-order valence-corrected chi connectivity index (χ4v) is 6.14. The average molecular weight is 528 g/mol. The first-order valence-electron chi connectivity index (χ1n) is 13.4. The van der Waals surface area contributed by atoms with E-state index in [1.165, 1.54) is 13.2 Å². The summed E-state index contributed by atoms with van der Waals surface area (Å²) < 4.78 is 25.0. The predicted octanol–water partition coefficient (Wildman–Crippen LogP) is 1.14. The number of ether oxygens (including phenoxy) is 2. The maximum absolute atomic E-state index is 14.4. The molecule has 5 heterocycles. The third-order valence-electron chi connectivity index (χ3n) is 8.44. The fourth-order valence-electron chi connectivity index (χ4n) is 6.14. The Hall–Kier alpha value is -3.09. The van der Waals surface area contributed by atoms with Crippen molar-refractivity contribution in [1.29, 1.82) is 0 Å². The highest BCUT2D eigenvalue weighted by Crippen LogP contribution is 2.50. The Morgan fingerprint density at radius 2 is 2.13 bits per heavy atom. The number of nitrogens with one attached hydrogen (secondary N) is 3. The highest BCUT2D eigenvalue weighted by atomic mass is 19.1. The van der Waals surface area contributed by atoms with E-state index in [0.29, 0.717) is 43.5 Å². The Balaban J connectivity index is 1.07. The molecule has 2 amide bonds. The summed E-state index contributed by atoms with van der Waals surface area (Å²) in [6.45, 7) is 4.55. The number of aromatic nitrogens is 3. The predicted molar refractivity (Wildman–Crippen MR) is 135 cm³/mol. The summed E-state index contributed by atoms with van der Waals surface area (Å²) in [5.41, 5.74) is 0.533. The Morgan fingerprint density at radius 3 is 2.89 bits per heavy atom. The van der Waals surface area contributed by atoms with Gasteiger partial charge in [-0.3, -0.25) is 24.9 Å². The van der Waals surface area contributed by atoms with E-state index in [-0.39, 0.29) is 40.8 Å². The summed E-state index contributed by atoms with van der Waals surface area (Å²) >= 11 is 0. The number of hydrogen-bond donors (Lipinski definition) is 3. The van der Waals surface area contributed by atoms with Crippen molar-refractivity contribution in [3.63, 3.8) is 0 Å². The zero-order valence-electron chi connectivity index (χ0n) is 21.5. The normalized spacial score (nSPS) is 26.9. The molecule has 2 aromatic rings. The molecule has 3 aliphatic heterocycles. The number of nitrogens with zero attached hydrogens (tertiary/aromatic N) is 4. The van der Waals surface area contributed by atoms with Crippen LogP contribution in [0.3, 0.4) is 0 Å². The highest BCUT2D eigenvalue weighted by Gasteiger charge is 2.54. The quantitative estimate of drug-likeness (QED) is 0.511. The van der Waals surface area contributed by atoms with Crippen molar-refractivity contribution in [2.24, 2.45) is 5.92 Å². The number of likely N-dealkylation sites (tertiary alicyclic amines) is 2. The van der Waals surface area contributed by atoms with Gasteiger partial charge >= 0.3 is 0 Å². The molecular formula is C26H34FN7O4. The van der Waals surface area contributed by atoms with Gasteiger partial charge in [0.2, 0.25) is 11.8 Å². The molecule has 3 N–H and O–H groups in total. The first-order valence-corrected chi connectivity index (χ1v) is 13.4. The molecule has 2 aromatic heterocycles. The van der Waals surface area contributed by atoms with Crippen LogP contribution in [-0.4, -0.2) is 101 Å². The lowest BCUT2D eigenvalue weighted by Crippen LogP contribution is -2.52. The molecule has 1 saturated carbocycles. The number of pyridine rings is 1. The molecule has 0 radical (unpaired) electrons. The molecular weight excluding hydrogens is 493 g/mol. The summed E-state index contributed by atoms with van der Waals surface area (Å²) in [6, 6.07) is 3.52. The molecule has 0 bridgehead atoms. The summed E-state index contributed by atoms with van der Waals surface area (Å²) in [5, 5.41) is 13.5. The van der Waals surface area contributed by atoms with Gasteiger partial charge in [0.1, 0.15) is 5.69 Å². The summed E-state index contributed by atoms with van der Waals surface area (Å²) in [7, 11) is 1.45. The van der Waals surface area contributed by atoms with Gasteiger partial charge in [-0.05, 0) is 38.2 Å². The van der Waals surface area contributed by atoms with Crippen LogP contribution >= 0.6 is 0 Å². The molecule has 0 aromatic carbocycles. The number of piperidine rings is 1. The van der Waals surface area contributed by atoms with Crippen LogP contribution in [0.15, 0.2) is 18.3 Å². The van der Waals surface area contributed by atoms with Gasteiger partial charge in [-0.25, -0.2) is 9.37 Å². The molecule has 4 aliphatic rings. The molecule has 3 atom stereocenters. The molecule has 0 unspecified atom stereocenters. The monoisotopic (exact) mass is 527 g/mol. The number of amides is 2. The van der Waals surface area contributed by atoms with Crippen LogP contribution in [0.5, 0.6) is 5.88 Å². The third-order valence-corrected chi connectivity index (χ3v) is 8.44. The van der Waals surface area contributed by atoms with E-state index < -0.39 is 5.82 Å². The minimum absolute atomic E-state index is 0.0965. The van der Waals surface area contributed by atoms with Crippen molar-refractivity contribution in [2.75, 3.05) is 46.6 Å². The Kier molecular flexibility index (Phi) is 6.79. The number of H-pyrrole nitrogens is 1. The van der Waals surface area contributed by atoms with Gasteiger partial charge in [-0.2, -0.15) is 5.10 Å². The number of methoxy groups -OCH3 is 1. The molecule has 38 heavy (non-hydrogen) atoms. The van der Waals surface area contributed by atoms with Crippen LogP contribution in [0, 0.1) is 11.7 Å². The number of carbonyl (C=O) groups is 2. The zero-order chi connectivity index (χ0) is 26.3. The van der Waals surface area contributed by atoms with Crippen molar-refractivity contribution in [1.82, 2.24) is 35.6 Å². The average Bonchev–Trinajstić information content (AvgIpc) is 3.31. The molecule has 4 fully saturated rings. The topological polar surface area (TPSA) is 125 Å². The smallest absolute Gasteiger partial charge is 0.272 e. The Morgan fingerprint density at radius 1 is 1.26 bits per heavy atom. The van der Waals surface area contributed by atoms with Gasteiger partial charge in [0, 0.05) is 61.3 Å². The lowest BCUT2D eigenvalue weighted by Gasteiger charge is -2.39. The van der Waals surface area contributed by atoms with Gasteiger partial charge in [0.05, 0.1) is 32.3 Å². The van der Waals surface area contributed by atoms with Crippen LogP contribution in [-0.2, 0) is 9.53 Å². The van der Waals surface area contributed by atoms with E-state index in [2.05, 4.69) is 30.7 Å². The maximum Gasteiger partial charge on any atom is 0.272 e. The highest BCUT2D eigenvalue weighted by molar-refractivity contribution is 5.94. The van der Waals surface area contributed by atoms with Gasteiger partial charge in [0.15, 0.2) is 5.82 Å². The number of hydrogen-bond acceptors (Lipinski definition) is 8. The SMILES string of the molecule is COc1cc(-c2cc(C(=O)N3CC[C@H](C(=O)N[C@H]4CCN([C@H]5CNCOC5)C4)CC34CC4)[nH]n2)c(F)cn1. The van der Waals surface area contributed by atoms with Gasteiger partial charge < -0.3 is 19.7 Å². The second-order valence-corrected chi connectivity index (χ2v) is 10.9. The van der Waals surface area contributed by atoms with E-state index in [0.717, 1.165) is 51.7 Å². The number of aromatic amines is 1. The largest absolute Gasteiger partial charge is 0.481 e. The van der Waals surface area contributed by atoms with E-state index in [1.54, 1.807) is 6.07 Å². The summed E-state index contributed by atoms with van der Waals surface area (Å²) in [4.78, 5) is 34.8. The van der Waals surface area contributed by atoms with Gasteiger partial charge in [-0.1, -0.05) is 0 Å². The van der Waals surface area contributed by atoms with Crippen molar-refractivity contribution in [3.8, 4) is 17.1 Å². The van der Waals surface area contributed by atoms with E-state index in [9.17, 15) is 14.0 Å². The van der Waals surface area contributed by atoms with Gasteiger partial charge in [0.25, 0.3) is 5.91 Å². The maximum atomic E-state index is 14.4. The van der Waals surface area contributed by atoms with Gasteiger partial charge in [-0.15, -0.1) is 0 Å². The number of rotatable bonds is 6. The van der Waals surface area contributed by atoms with Crippen LogP contribution in [0.4, 0.5) is 4.39 Å². The minimum atomic E-state index is -0.545. The molecule has 204 valence electrons. The molecule has 3 saturated heterocycles. The number of halogens is 1. The van der Waals surface area contributed by atoms with Crippen molar-refractivity contribution in [3.05, 3.63) is 29.8 Å². The van der Waals surface area contributed by atoms with Crippen LogP contribution in [0.1, 0.15) is 42.6 Å². The molecule has 11 nitrogen and oxygen atoms in total. The van der Waals surface area contributed by atoms with Crippen LogP contribution in [0.25, 0.3) is 11.3 Å².